The molecule has 8 heteroatoms. The lowest BCUT2D eigenvalue weighted by Gasteiger charge is -2.17. The van der Waals surface area contributed by atoms with Crippen LogP contribution in [0.2, 0.25) is 0 Å². The molecule has 1 aliphatic rings. The van der Waals surface area contributed by atoms with E-state index in [0.29, 0.717) is 24.8 Å². The number of anilines is 1. The number of sulfonamides is 1. The molecule has 0 bridgehead atoms. The number of nitrogens with one attached hydrogen (secondary N) is 1. The highest BCUT2D eigenvalue weighted by molar-refractivity contribution is 7.92. The average molecular weight is 392 g/mol. The van der Waals surface area contributed by atoms with Gasteiger partial charge in [0, 0.05) is 24.3 Å². The van der Waals surface area contributed by atoms with Crippen LogP contribution >= 0.6 is 0 Å². The standard InChI is InChI=1S/C19H21FN2O4S/c1-13-9-10-22(12-13)19(23)14-3-8-17(20)18(11-14)27(24,25)21-15-4-6-16(26-2)7-5-15/h3-8,11,13,21H,9-10,12H2,1-2H3. The summed E-state index contributed by atoms with van der Waals surface area (Å²) >= 11 is 0. The van der Waals surface area contributed by atoms with Crippen molar-refractivity contribution >= 4 is 21.6 Å². The zero-order chi connectivity index (χ0) is 19.6. The molecule has 6 nitrogen and oxygen atoms in total. The van der Waals surface area contributed by atoms with Gasteiger partial charge in [0.15, 0.2) is 0 Å². The van der Waals surface area contributed by atoms with Crippen LogP contribution in [0, 0.1) is 11.7 Å². The van der Waals surface area contributed by atoms with Gasteiger partial charge >= 0.3 is 0 Å². The number of methoxy groups -OCH3 is 1. The van der Waals surface area contributed by atoms with E-state index in [0.717, 1.165) is 18.6 Å². The highest BCUT2D eigenvalue weighted by Crippen LogP contribution is 2.24. The summed E-state index contributed by atoms with van der Waals surface area (Å²) < 4.78 is 46.8. The first kappa shape index (κ1) is 19.2. The zero-order valence-corrected chi connectivity index (χ0v) is 15.9. The predicted molar refractivity (Wildman–Crippen MR) is 99.9 cm³/mol. The van der Waals surface area contributed by atoms with Crippen molar-refractivity contribution in [1.82, 2.24) is 4.90 Å². The van der Waals surface area contributed by atoms with Gasteiger partial charge in [0.05, 0.1) is 7.11 Å². The molecule has 1 atom stereocenters. The number of carbonyl (C=O) groups excluding carboxylic acids is 1. The van der Waals surface area contributed by atoms with Crippen LogP contribution in [0.4, 0.5) is 10.1 Å². The third kappa shape index (κ3) is 4.21. The summed E-state index contributed by atoms with van der Waals surface area (Å²) in [5.41, 5.74) is 0.418. The molecule has 1 aliphatic heterocycles. The number of halogens is 1. The molecular formula is C19H21FN2O4S. The van der Waals surface area contributed by atoms with Gasteiger partial charge in [0.1, 0.15) is 16.5 Å². The Bertz CT molecular complexity index is 945. The fourth-order valence-electron chi connectivity index (χ4n) is 3.01. The SMILES string of the molecule is COc1ccc(NS(=O)(=O)c2cc(C(=O)N3CCC(C)C3)ccc2F)cc1. The van der Waals surface area contributed by atoms with Crippen LogP contribution in [0.3, 0.4) is 0 Å². The third-order valence-corrected chi connectivity index (χ3v) is 5.92. The first-order valence-corrected chi connectivity index (χ1v) is 10.0. The number of rotatable bonds is 5. The lowest BCUT2D eigenvalue weighted by atomic mass is 10.2. The highest BCUT2D eigenvalue weighted by Gasteiger charge is 2.27. The van der Waals surface area contributed by atoms with Gasteiger partial charge in [0.25, 0.3) is 15.9 Å². The van der Waals surface area contributed by atoms with Crippen LogP contribution in [-0.2, 0) is 10.0 Å². The molecule has 0 saturated carbocycles. The van der Waals surface area contributed by atoms with Gasteiger partial charge in [0.2, 0.25) is 0 Å². The molecule has 0 aromatic heterocycles. The minimum absolute atomic E-state index is 0.153. The molecule has 1 amide bonds. The molecule has 1 saturated heterocycles. The summed E-state index contributed by atoms with van der Waals surface area (Å²) in [5.74, 6) is -0.242. The number of ether oxygens (including phenoxy) is 1. The second kappa shape index (κ2) is 7.56. The van der Waals surface area contributed by atoms with E-state index in [9.17, 15) is 17.6 Å². The summed E-state index contributed by atoms with van der Waals surface area (Å²) in [5, 5.41) is 0. The summed E-state index contributed by atoms with van der Waals surface area (Å²) in [6.07, 6.45) is 0.900. The molecule has 2 aromatic rings. The Morgan fingerprint density at radius 1 is 1.22 bits per heavy atom. The first-order chi connectivity index (χ1) is 12.8. The second-order valence-electron chi connectivity index (χ2n) is 6.62. The van der Waals surface area contributed by atoms with E-state index in [1.165, 1.54) is 25.3 Å². The molecule has 1 heterocycles. The summed E-state index contributed by atoms with van der Waals surface area (Å²) in [6, 6.07) is 9.60. The Morgan fingerprint density at radius 3 is 2.52 bits per heavy atom. The fraction of sp³-hybridized carbons (Fsp3) is 0.316. The summed E-state index contributed by atoms with van der Waals surface area (Å²) in [4.78, 5) is 13.7. The second-order valence-corrected chi connectivity index (χ2v) is 8.28. The maximum Gasteiger partial charge on any atom is 0.264 e. The van der Waals surface area contributed by atoms with Crippen molar-refractivity contribution in [3.63, 3.8) is 0 Å². The minimum atomic E-state index is -4.19. The lowest BCUT2D eigenvalue weighted by Crippen LogP contribution is -2.28. The molecule has 27 heavy (non-hydrogen) atoms. The number of nitrogens with zero attached hydrogens (tertiary/aromatic N) is 1. The van der Waals surface area contributed by atoms with Crippen LogP contribution in [0.25, 0.3) is 0 Å². The van der Waals surface area contributed by atoms with Gasteiger partial charge in [-0.2, -0.15) is 0 Å². The smallest absolute Gasteiger partial charge is 0.264 e. The van der Waals surface area contributed by atoms with Gasteiger partial charge < -0.3 is 9.64 Å². The fourth-order valence-corrected chi connectivity index (χ4v) is 4.18. The molecular weight excluding hydrogens is 371 g/mol. The zero-order valence-electron chi connectivity index (χ0n) is 15.1. The van der Waals surface area contributed by atoms with E-state index < -0.39 is 20.7 Å². The van der Waals surface area contributed by atoms with Crippen molar-refractivity contribution in [2.75, 3.05) is 24.9 Å². The number of hydrogen-bond acceptors (Lipinski definition) is 4. The van der Waals surface area contributed by atoms with Crippen LogP contribution in [0.15, 0.2) is 47.4 Å². The Morgan fingerprint density at radius 2 is 1.93 bits per heavy atom. The quantitative estimate of drug-likeness (QED) is 0.848. The topological polar surface area (TPSA) is 75.7 Å². The molecule has 3 rings (SSSR count). The van der Waals surface area contributed by atoms with Gasteiger partial charge in [-0.05, 0) is 54.8 Å². The largest absolute Gasteiger partial charge is 0.497 e. The normalized spacial score (nSPS) is 17.0. The number of amides is 1. The van der Waals surface area contributed by atoms with Crippen LogP contribution in [-0.4, -0.2) is 39.4 Å². The van der Waals surface area contributed by atoms with E-state index in [-0.39, 0.29) is 17.2 Å². The third-order valence-electron chi connectivity index (χ3n) is 4.52. The monoisotopic (exact) mass is 392 g/mol. The van der Waals surface area contributed by atoms with Crippen molar-refractivity contribution in [3.05, 3.63) is 53.8 Å². The van der Waals surface area contributed by atoms with Crippen LogP contribution in [0.5, 0.6) is 5.75 Å². The van der Waals surface area contributed by atoms with Gasteiger partial charge in [-0.15, -0.1) is 0 Å². The Hall–Kier alpha value is -2.61. The predicted octanol–water partition coefficient (Wildman–Crippen LogP) is 3.12. The van der Waals surface area contributed by atoms with Crippen molar-refractivity contribution in [2.24, 2.45) is 5.92 Å². The van der Waals surface area contributed by atoms with Gasteiger partial charge in [-0.3, -0.25) is 9.52 Å². The van der Waals surface area contributed by atoms with E-state index in [1.807, 2.05) is 6.92 Å². The number of hydrogen-bond donors (Lipinski definition) is 1. The van der Waals surface area contributed by atoms with E-state index >= 15 is 0 Å². The molecule has 0 radical (unpaired) electrons. The molecule has 1 N–H and O–H groups in total. The molecule has 1 unspecified atom stereocenters. The summed E-state index contributed by atoms with van der Waals surface area (Å²) in [6.45, 7) is 3.28. The molecule has 2 aromatic carbocycles. The maximum atomic E-state index is 14.2. The molecule has 1 fully saturated rings. The average Bonchev–Trinajstić information content (AvgIpc) is 3.08. The van der Waals surface area contributed by atoms with Gasteiger partial charge in [-0.25, -0.2) is 12.8 Å². The number of benzene rings is 2. The van der Waals surface area contributed by atoms with E-state index in [4.69, 9.17) is 4.74 Å². The van der Waals surface area contributed by atoms with E-state index in [1.54, 1.807) is 17.0 Å². The Labute approximate surface area is 158 Å². The van der Waals surface area contributed by atoms with Gasteiger partial charge in [-0.1, -0.05) is 6.92 Å². The molecule has 0 spiro atoms. The Balaban J connectivity index is 1.86. The van der Waals surface area contributed by atoms with Crippen molar-refractivity contribution in [2.45, 2.75) is 18.2 Å². The van der Waals surface area contributed by atoms with Crippen LogP contribution in [0.1, 0.15) is 23.7 Å². The van der Waals surface area contributed by atoms with Crippen molar-refractivity contribution < 1.29 is 22.3 Å². The minimum Gasteiger partial charge on any atom is -0.497 e. The first-order valence-electron chi connectivity index (χ1n) is 8.56. The Kier molecular flexibility index (Phi) is 5.36. The van der Waals surface area contributed by atoms with Crippen molar-refractivity contribution in [3.8, 4) is 5.75 Å². The van der Waals surface area contributed by atoms with E-state index in [2.05, 4.69) is 4.72 Å². The lowest BCUT2D eigenvalue weighted by molar-refractivity contribution is 0.0787. The highest BCUT2D eigenvalue weighted by atomic mass is 32.2. The number of carbonyl (C=O) groups is 1. The number of likely N-dealkylation sites (tertiary alicyclic amines) is 1. The van der Waals surface area contributed by atoms with Crippen LogP contribution < -0.4 is 9.46 Å². The summed E-state index contributed by atoms with van der Waals surface area (Å²) in [7, 11) is -2.69. The van der Waals surface area contributed by atoms with Crippen molar-refractivity contribution in [1.29, 1.82) is 0 Å². The molecule has 144 valence electrons. The molecule has 0 aliphatic carbocycles. The maximum absolute atomic E-state index is 14.2.